The number of piperidine rings is 1. The van der Waals surface area contributed by atoms with Crippen molar-refractivity contribution in [1.29, 1.82) is 0 Å². The maximum Gasteiger partial charge on any atom is 0.244 e. The molecule has 6 aliphatic rings. The normalized spacial score (nSPS) is 35.3. The minimum atomic E-state index is -3.68. The lowest BCUT2D eigenvalue weighted by Crippen LogP contribution is -2.56. The third-order valence-corrected chi connectivity index (χ3v) is 11.2. The molecule has 6 fully saturated rings. The fourth-order valence-corrected chi connectivity index (χ4v) is 9.56. The van der Waals surface area contributed by atoms with Gasteiger partial charge in [-0.05, 0) is 81.3 Å². The number of amides is 1. The molecule has 4 aliphatic carbocycles. The van der Waals surface area contributed by atoms with Crippen LogP contribution >= 0.6 is 0 Å². The SMILES string of the molecule is O=C(NCC1CCCCN1S(=O)(=O)c1ccc(N2CCOCC2)nc1)C12CC3CC(CC(C3)C1)C2. The van der Waals surface area contributed by atoms with Crippen LogP contribution in [0.5, 0.6) is 0 Å². The third kappa shape index (κ3) is 4.48. The maximum absolute atomic E-state index is 13.6. The van der Waals surface area contributed by atoms with Crippen LogP contribution in [-0.2, 0) is 19.6 Å². The number of hydrogen-bond donors (Lipinski definition) is 1. The molecule has 2 aliphatic heterocycles. The number of pyridine rings is 1. The Kier molecular flexibility index (Phi) is 6.29. The van der Waals surface area contributed by atoms with Gasteiger partial charge in [0.15, 0.2) is 0 Å². The molecule has 1 N–H and O–H groups in total. The maximum atomic E-state index is 13.6. The quantitative estimate of drug-likeness (QED) is 0.643. The summed E-state index contributed by atoms with van der Waals surface area (Å²) >= 11 is 0. The van der Waals surface area contributed by atoms with Crippen LogP contribution in [0.25, 0.3) is 0 Å². The van der Waals surface area contributed by atoms with Gasteiger partial charge in [-0.3, -0.25) is 4.79 Å². The zero-order chi connectivity index (χ0) is 24.0. The van der Waals surface area contributed by atoms with Gasteiger partial charge >= 0.3 is 0 Å². The van der Waals surface area contributed by atoms with Gasteiger partial charge in [-0.15, -0.1) is 0 Å². The highest BCUT2D eigenvalue weighted by Crippen LogP contribution is 2.60. The Morgan fingerprint density at radius 3 is 2.34 bits per heavy atom. The Morgan fingerprint density at radius 2 is 1.71 bits per heavy atom. The number of hydrogen-bond acceptors (Lipinski definition) is 6. The van der Waals surface area contributed by atoms with Gasteiger partial charge in [0.05, 0.1) is 13.2 Å². The molecular formula is C26H38N4O4S. The van der Waals surface area contributed by atoms with Crippen LogP contribution in [0.4, 0.5) is 5.82 Å². The van der Waals surface area contributed by atoms with Crippen molar-refractivity contribution in [2.45, 2.75) is 68.7 Å². The van der Waals surface area contributed by atoms with Crippen LogP contribution in [0.3, 0.4) is 0 Å². The molecule has 9 heteroatoms. The van der Waals surface area contributed by atoms with Crippen LogP contribution in [0.1, 0.15) is 57.8 Å². The number of morpholine rings is 1. The molecule has 1 aromatic heterocycles. The summed E-state index contributed by atoms with van der Waals surface area (Å²) in [5.41, 5.74) is -0.202. The van der Waals surface area contributed by atoms with E-state index in [-0.39, 0.29) is 22.3 Å². The number of aromatic nitrogens is 1. The molecule has 192 valence electrons. The van der Waals surface area contributed by atoms with E-state index < -0.39 is 10.0 Å². The average molecular weight is 503 g/mol. The molecule has 4 bridgehead atoms. The van der Waals surface area contributed by atoms with E-state index in [1.165, 1.54) is 25.5 Å². The predicted molar refractivity (Wildman–Crippen MR) is 132 cm³/mol. The molecule has 1 aromatic rings. The molecule has 1 unspecified atom stereocenters. The van der Waals surface area contributed by atoms with Crippen molar-refractivity contribution in [3.05, 3.63) is 18.3 Å². The van der Waals surface area contributed by atoms with Crippen LogP contribution in [-0.4, -0.2) is 69.0 Å². The molecule has 8 nitrogen and oxygen atoms in total. The molecule has 1 atom stereocenters. The zero-order valence-electron chi connectivity index (χ0n) is 20.5. The summed E-state index contributed by atoms with van der Waals surface area (Å²) in [7, 11) is -3.68. The van der Waals surface area contributed by atoms with Gasteiger partial charge in [0.25, 0.3) is 0 Å². The Morgan fingerprint density at radius 1 is 1.03 bits per heavy atom. The summed E-state index contributed by atoms with van der Waals surface area (Å²) in [4.78, 5) is 20.3. The second kappa shape index (κ2) is 9.30. The Balaban J connectivity index is 1.13. The summed E-state index contributed by atoms with van der Waals surface area (Å²) < 4.78 is 34.2. The summed E-state index contributed by atoms with van der Waals surface area (Å²) in [6, 6.07) is 3.27. The van der Waals surface area contributed by atoms with Crippen LogP contribution in [0, 0.1) is 23.2 Å². The first-order valence-electron chi connectivity index (χ1n) is 13.5. The Hall–Kier alpha value is -1.71. The van der Waals surface area contributed by atoms with E-state index in [4.69, 9.17) is 4.74 Å². The van der Waals surface area contributed by atoms with Crippen molar-refractivity contribution < 1.29 is 17.9 Å². The van der Waals surface area contributed by atoms with Gasteiger partial charge in [0.2, 0.25) is 15.9 Å². The van der Waals surface area contributed by atoms with Crippen LogP contribution in [0.2, 0.25) is 0 Å². The van der Waals surface area contributed by atoms with Gasteiger partial charge < -0.3 is 15.0 Å². The molecule has 35 heavy (non-hydrogen) atoms. The van der Waals surface area contributed by atoms with E-state index in [0.717, 1.165) is 57.4 Å². The lowest BCUT2D eigenvalue weighted by atomic mass is 9.49. The lowest BCUT2D eigenvalue weighted by molar-refractivity contribution is -0.146. The van der Waals surface area contributed by atoms with Crippen LogP contribution < -0.4 is 10.2 Å². The fourth-order valence-electron chi connectivity index (χ4n) is 7.92. The number of carbonyl (C=O) groups is 1. The standard InChI is InChI=1S/C26H38N4O4S/c31-25(26-14-19-11-20(15-26)13-21(12-19)16-26)28-17-22-3-1-2-6-30(22)35(32,33)23-4-5-24(27-18-23)29-7-9-34-10-8-29/h4-5,18-22H,1-3,6-17H2,(H,28,31). The van der Waals surface area contributed by atoms with E-state index in [2.05, 4.69) is 15.2 Å². The van der Waals surface area contributed by atoms with Crippen molar-refractivity contribution in [2.24, 2.45) is 23.2 Å². The Labute approximate surface area is 208 Å². The molecule has 0 radical (unpaired) electrons. The number of nitrogens with zero attached hydrogens (tertiary/aromatic N) is 3. The summed E-state index contributed by atoms with van der Waals surface area (Å²) in [5.74, 6) is 3.10. The van der Waals surface area contributed by atoms with E-state index in [1.54, 1.807) is 16.4 Å². The molecule has 7 rings (SSSR count). The molecule has 4 saturated carbocycles. The molecule has 0 spiro atoms. The van der Waals surface area contributed by atoms with Crippen molar-refractivity contribution in [1.82, 2.24) is 14.6 Å². The van der Waals surface area contributed by atoms with Gasteiger partial charge in [-0.1, -0.05) is 6.42 Å². The van der Waals surface area contributed by atoms with Gasteiger partial charge in [-0.2, -0.15) is 4.31 Å². The summed E-state index contributed by atoms with van der Waals surface area (Å²) in [6.07, 6.45) is 11.1. The largest absolute Gasteiger partial charge is 0.378 e. The van der Waals surface area contributed by atoms with Crippen molar-refractivity contribution in [3.63, 3.8) is 0 Å². The highest BCUT2D eigenvalue weighted by molar-refractivity contribution is 7.89. The first-order valence-corrected chi connectivity index (χ1v) is 15.0. The zero-order valence-corrected chi connectivity index (χ0v) is 21.3. The molecule has 0 aromatic carbocycles. The average Bonchev–Trinajstić information content (AvgIpc) is 2.87. The van der Waals surface area contributed by atoms with E-state index in [0.29, 0.717) is 44.1 Å². The smallest absolute Gasteiger partial charge is 0.244 e. The molecular weight excluding hydrogens is 464 g/mol. The van der Waals surface area contributed by atoms with Crippen molar-refractivity contribution in [3.8, 4) is 0 Å². The number of anilines is 1. The van der Waals surface area contributed by atoms with Crippen LogP contribution in [0.15, 0.2) is 23.2 Å². The number of rotatable bonds is 6. The summed E-state index contributed by atoms with van der Waals surface area (Å²) in [5, 5.41) is 3.24. The molecule has 1 amide bonds. The lowest BCUT2D eigenvalue weighted by Gasteiger charge is -2.55. The third-order valence-electron chi connectivity index (χ3n) is 9.25. The number of nitrogens with one attached hydrogen (secondary N) is 1. The monoisotopic (exact) mass is 502 g/mol. The first-order chi connectivity index (χ1) is 16.9. The van der Waals surface area contributed by atoms with Gasteiger partial charge in [0.1, 0.15) is 10.7 Å². The van der Waals surface area contributed by atoms with Crippen molar-refractivity contribution in [2.75, 3.05) is 44.3 Å². The number of ether oxygens (including phenoxy) is 1. The molecule has 3 heterocycles. The Bertz CT molecular complexity index is 1000. The van der Waals surface area contributed by atoms with E-state index in [1.807, 2.05) is 0 Å². The second-order valence-electron chi connectivity index (χ2n) is 11.6. The highest BCUT2D eigenvalue weighted by Gasteiger charge is 2.54. The molecule has 2 saturated heterocycles. The first kappa shape index (κ1) is 23.7. The van der Waals surface area contributed by atoms with E-state index >= 15 is 0 Å². The predicted octanol–water partition coefficient (Wildman–Crippen LogP) is 2.79. The number of sulfonamides is 1. The minimum Gasteiger partial charge on any atom is -0.378 e. The van der Waals surface area contributed by atoms with E-state index in [9.17, 15) is 13.2 Å². The topological polar surface area (TPSA) is 91.8 Å². The fraction of sp³-hybridized carbons (Fsp3) is 0.769. The number of carbonyl (C=O) groups excluding carboxylic acids is 1. The van der Waals surface area contributed by atoms with Gasteiger partial charge in [-0.25, -0.2) is 13.4 Å². The highest BCUT2D eigenvalue weighted by atomic mass is 32.2. The van der Waals surface area contributed by atoms with Crippen molar-refractivity contribution >= 4 is 21.7 Å². The minimum absolute atomic E-state index is 0.177. The summed E-state index contributed by atoms with van der Waals surface area (Å²) in [6.45, 7) is 3.73. The van der Waals surface area contributed by atoms with Gasteiger partial charge in [0, 0.05) is 43.8 Å². The second-order valence-corrected chi connectivity index (χ2v) is 13.5.